The fourth-order valence-corrected chi connectivity index (χ4v) is 8.80. The predicted octanol–water partition coefficient (Wildman–Crippen LogP) is 21.8. The number of carbonyl (C=O) groups is 3. The van der Waals surface area contributed by atoms with Crippen molar-refractivity contribution in [2.24, 2.45) is 0 Å². The molecule has 0 radical (unpaired) electrons. The first kappa shape index (κ1) is 72.1. The van der Waals surface area contributed by atoms with E-state index >= 15 is 0 Å². The van der Waals surface area contributed by atoms with Crippen LogP contribution in [-0.2, 0) is 28.6 Å². The van der Waals surface area contributed by atoms with Crippen molar-refractivity contribution >= 4 is 17.9 Å². The normalized spacial score (nSPS) is 12.8. The van der Waals surface area contributed by atoms with Crippen LogP contribution in [-0.4, -0.2) is 37.2 Å². The Morgan fingerprint density at radius 3 is 0.803 bits per heavy atom. The van der Waals surface area contributed by atoms with Gasteiger partial charge in [0, 0.05) is 19.3 Å². The topological polar surface area (TPSA) is 78.9 Å². The van der Waals surface area contributed by atoms with Crippen LogP contribution in [0.3, 0.4) is 0 Å². The second-order valence-corrected chi connectivity index (χ2v) is 21.0. The predicted molar refractivity (Wildman–Crippen MR) is 330 cm³/mol. The molecule has 0 N–H and O–H groups in total. The molecule has 0 bridgehead atoms. The summed E-state index contributed by atoms with van der Waals surface area (Å²) in [6.07, 6.45) is 87.0. The Kier molecular flexibility index (Phi) is 60.3. The Morgan fingerprint density at radius 1 is 0.276 bits per heavy atom. The average molecular weight is 1060 g/mol. The highest BCUT2D eigenvalue weighted by atomic mass is 16.6. The van der Waals surface area contributed by atoms with Crippen LogP contribution in [0.25, 0.3) is 0 Å². The summed E-state index contributed by atoms with van der Waals surface area (Å²) in [6.45, 7) is 6.46. The summed E-state index contributed by atoms with van der Waals surface area (Å²) in [4.78, 5) is 38.0. The maximum Gasteiger partial charge on any atom is 0.306 e. The lowest BCUT2D eigenvalue weighted by Gasteiger charge is -2.18. The van der Waals surface area contributed by atoms with Crippen molar-refractivity contribution in [1.82, 2.24) is 0 Å². The number of hydrogen-bond acceptors (Lipinski definition) is 6. The zero-order valence-corrected chi connectivity index (χ0v) is 49.7. The van der Waals surface area contributed by atoms with E-state index < -0.39 is 6.10 Å². The van der Waals surface area contributed by atoms with E-state index in [0.717, 1.165) is 103 Å². The zero-order valence-electron chi connectivity index (χ0n) is 49.7. The maximum absolute atomic E-state index is 12.9. The monoisotopic (exact) mass is 1050 g/mol. The third kappa shape index (κ3) is 60.9. The minimum Gasteiger partial charge on any atom is -0.462 e. The molecule has 1 unspecified atom stereocenters. The van der Waals surface area contributed by atoms with Gasteiger partial charge >= 0.3 is 17.9 Å². The summed E-state index contributed by atoms with van der Waals surface area (Å²) in [5, 5.41) is 0. The molecule has 0 saturated heterocycles. The van der Waals surface area contributed by atoms with Crippen molar-refractivity contribution in [2.75, 3.05) is 13.2 Å². The summed E-state index contributed by atoms with van der Waals surface area (Å²) in [6, 6.07) is 0. The summed E-state index contributed by atoms with van der Waals surface area (Å²) >= 11 is 0. The smallest absolute Gasteiger partial charge is 0.306 e. The first-order valence-electron chi connectivity index (χ1n) is 31.9. The quantitative estimate of drug-likeness (QED) is 0.0261. The van der Waals surface area contributed by atoms with Crippen LogP contribution in [0.4, 0.5) is 0 Å². The van der Waals surface area contributed by atoms with Crippen LogP contribution in [0.5, 0.6) is 0 Å². The number of allylic oxidation sites excluding steroid dienone is 18. The molecule has 76 heavy (non-hydrogen) atoms. The van der Waals surface area contributed by atoms with Gasteiger partial charge < -0.3 is 14.2 Å². The largest absolute Gasteiger partial charge is 0.462 e. The average Bonchev–Trinajstić information content (AvgIpc) is 3.42. The molecule has 0 spiro atoms. The number of rotatable bonds is 57. The van der Waals surface area contributed by atoms with Crippen LogP contribution < -0.4 is 0 Å². The third-order valence-corrected chi connectivity index (χ3v) is 13.5. The molecule has 0 aromatic carbocycles. The molecule has 0 rings (SSSR count). The van der Waals surface area contributed by atoms with Crippen molar-refractivity contribution in [3.05, 3.63) is 109 Å². The number of hydrogen-bond donors (Lipinski definition) is 0. The molecule has 0 aromatic rings. The molecule has 0 saturated carbocycles. The Bertz CT molecular complexity index is 1540. The van der Waals surface area contributed by atoms with E-state index in [1.165, 1.54) is 148 Å². The first-order valence-corrected chi connectivity index (χ1v) is 31.9. The van der Waals surface area contributed by atoms with Gasteiger partial charge in [-0.15, -0.1) is 0 Å². The van der Waals surface area contributed by atoms with E-state index in [9.17, 15) is 14.4 Å². The lowest BCUT2D eigenvalue weighted by atomic mass is 10.0. The molecule has 0 aliphatic heterocycles. The minimum absolute atomic E-state index is 0.0940. The molecular formula is C70H118O6. The fraction of sp³-hybridized carbons (Fsp3) is 0.700. The summed E-state index contributed by atoms with van der Waals surface area (Å²) < 4.78 is 16.8. The second kappa shape index (κ2) is 63.6. The Morgan fingerprint density at radius 2 is 0.513 bits per heavy atom. The van der Waals surface area contributed by atoms with Gasteiger partial charge in [-0.3, -0.25) is 14.4 Å². The van der Waals surface area contributed by atoms with E-state index in [1.807, 2.05) is 0 Å². The first-order chi connectivity index (χ1) is 37.5. The molecule has 0 aliphatic carbocycles. The number of carbonyl (C=O) groups excluding carboxylic acids is 3. The van der Waals surface area contributed by atoms with E-state index in [0.29, 0.717) is 19.3 Å². The van der Waals surface area contributed by atoms with Gasteiger partial charge in [-0.25, -0.2) is 0 Å². The number of esters is 3. The van der Waals surface area contributed by atoms with E-state index in [-0.39, 0.29) is 37.5 Å². The van der Waals surface area contributed by atoms with E-state index in [4.69, 9.17) is 14.2 Å². The van der Waals surface area contributed by atoms with Crippen LogP contribution in [0.15, 0.2) is 109 Å². The summed E-state index contributed by atoms with van der Waals surface area (Å²) in [5.74, 6) is -0.955. The van der Waals surface area contributed by atoms with Gasteiger partial charge in [0.2, 0.25) is 0 Å². The van der Waals surface area contributed by atoms with Crippen LogP contribution in [0.2, 0.25) is 0 Å². The summed E-state index contributed by atoms with van der Waals surface area (Å²) in [7, 11) is 0. The zero-order chi connectivity index (χ0) is 55.0. The van der Waals surface area contributed by atoms with E-state index in [2.05, 4.69) is 130 Å². The van der Waals surface area contributed by atoms with Crippen molar-refractivity contribution in [3.8, 4) is 0 Å². The molecule has 6 nitrogen and oxygen atoms in total. The van der Waals surface area contributed by atoms with Crippen LogP contribution in [0, 0.1) is 0 Å². The molecule has 0 aliphatic rings. The standard InChI is InChI=1S/C70H118O6/c1-4-7-10-13-16-18-20-22-24-26-28-30-32-33-34-35-36-37-38-40-41-43-45-47-49-51-54-57-60-63-69(72)75-66-67(65-74-68(71)62-59-56-53-15-12-9-6-3)76-70(73)64-61-58-55-52-50-48-46-44-42-39-31-29-27-25-23-21-19-17-14-11-8-5-2/h7,10,16,18,22,24,28,30,33-34,36-37,40-41,45,47,51,54,67H,4-6,8-9,11-15,17,19-21,23,25-27,29,31-32,35,38-39,42-44,46,48-50,52-53,55-66H2,1-3H3/b10-7-,18-16-,24-22-,30-28-,34-33-,37-36-,41-40-,47-45-,54-51-. The molecular weight excluding hydrogens is 937 g/mol. The minimum atomic E-state index is -0.799. The van der Waals surface area contributed by atoms with Gasteiger partial charge in [0.15, 0.2) is 6.10 Å². The van der Waals surface area contributed by atoms with Crippen LogP contribution in [0.1, 0.15) is 297 Å². The number of unbranched alkanes of at least 4 members (excludes halogenated alkanes) is 28. The van der Waals surface area contributed by atoms with Crippen molar-refractivity contribution in [3.63, 3.8) is 0 Å². The van der Waals surface area contributed by atoms with Gasteiger partial charge in [0.05, 0.1) is 0 Å². The Hall–Kier alpha value is -3.93. The molecule has 434 valence electrons. The lowest BCUT2D eigenvalue weighted by molar-refractivity contribution is -0.167. The van der Waals surface area contributed by atoms with Crippen LogP contribution >= 0.6 is 0 Å². The third-order valence-electron chi connectivity index (χ3n) is 13.5. The molecule has 1 atom stereocenters. The molecule has 0 fully saturated rings. The highest BCUT2D eigenvalue weighted by Crippen LogP contribution is 2.17. The highest BCUT2D eigenvalue weighted by Gasteiger charge is 2.19. The Labute approximate surface area is 470 Å². The SMILES string of the molecule is CC/C=C\C/C=C\C/C=C\C/C=C\C/C=C\C/C=C\C/C=C\C/C=C\C/C=C\CCCC(=O)OCC(COC(=O)CCCCCCCCC)OC(=O)CCCCCCCCCCCCCCCCCCCCCCCC. The fourth-order valence-electron chi connectivity index (χ4n) is 8.80. The second-order valence-electron chi connectivity index (χ2n) is 21.0. The van der Waals surface area contributed by atoms with E-state index in [1.54, 1.807) is 0 Å². The summed E-state index contributed by atoms with van der Waals surface area (Å²) in [5.41, 5.74) is 0. The number of ether oxygens (including phenoxy) is 3. The van der Waals surface area contributed by atoms with Gasteiger partial charge in [0.25, 0.3) is 0 Å². The van der Waals surface area contributed by atoms with Gasteiger partial charge in [-0.2, -0.15) is 0 Å². The van der Waals surface area contributed by atoms with Crippen molar-refractivity contribution < 1.29 is 28.6 Å². The van der Waals surface area contributed by atoms with Gasteiger partial charge in [-0.05, 0) is 83.5 Å². The molecule has 0 amide bonds. The molecule has 6 heteroatoms. The maximum atomic E-state index is 12.9. The molecule has 0 aromatic heterocycles. The van der Waals surface area contributed by atoms with Gasteiger partial charge in [-0.1, -0.05) is 304 Å². The Balaban J connectivity index is 4.25. The van der Waals surface area contributed by atoms with Crippen molar-refractivity contribution in [2.45, 2.75) is 303 Å². The van der Waals surface area contributed by atoms with Crippen molar-refractivity contribution in [1.29, 1.82) is 0 Å². The molecule has 0 heterocycles. The lowest BCUT2D eigenvalue weighted by Crippen LogP contribution is -2.30. The van der Waals surface area contributed by atoms with Gasteiger partial charge in [0.1, 0.15) is 13.2 Å². The highest BCUT2D eigenvalue weighted by molar-refractivity contribution is 5.71.